The van der Waals surface area contributed by atoms with Gasteiger partial charge in [0.1, 0.15) is 5.76 Å². The van der Waals surface area contributed by atoms with E-state index in [1.807, 2.05) is 6.92 Å². The maximum atomic E-state index is 12.8. The Kier molecular flexibility index (Phi) is 4.79. The van der Waals surface area contributed by atoms with Gasteiger partial charge in [0.05, 0.1) is 0 Å². The maximum Gasteiger partial charge on any atom is 0.282 e. The number of hydrogen-bond donors (Lipinski definition) is 1. The third-order valence-corrected chi connectivity index (χ3v) is 7.73. The van der Waals surface area contributed by atoms with Gasteiger partial charge in [-0.05, 0) is 45.4 Å². The van der Waals surface area contributed by atoms with Crippen LogP contribution in [0.25, 0.3) is 0 Å². The minimum Gasteiger partial charge on any atom is -0.360 e. The highest BCUT2D eigenvalue weighted by Crippen LogP contribution is 2.40. The first kappa shape index (κ1) is 17.9. The molecular formula is C17H26N4O4S. The fourth-order valence-corrected chi connectivity index (χ4v) is 5.80. The van der Waals surface area contributed by atoms with Crippen molar-refractivity contribution in [2.75, 3.05) is 19.6 Å². The van der Waals surface area contributed by atoms with Crippen molar-refractivity contribution in [2.24, 2.45) is 0 Å². The third-order valence-electron chi connectivity index (χ3n) is 5.58. The molecule has 1 N–H and O–H groups in total. The summed E-state index contributed by atoms with van der Waals surface area (Å²) in [6, 6.07) is 1.53. The van der Waals surface area contributed by atoms with E-state index >= 15 is 0 Å². The third kappa shape index (κ3) is 3.52. The number of carbonyl (C=O) groups excluding carboxylic acids is 1. The topological polar surface area (TPSA) is 95.7 Å². The number of aromatic nitrogens is 1. The Bertz CT molecular complexity index is 767. The van der Waals surface area contributed by atoms with Crippen molar-refractivity contribution in [2.45, 2.75) is 63.5 Å². The van der Waals surface area contributed by atoms with E-state index < -0.39 is 10.2 Å². The molecule has 26 heavy (non-hydrogen) atoms. The van der Waals surface area contributed by atoms with Gasteiger partial charge in [0.25, 0.3) is 16.1 Å². The van der Waals surface area contributed by atoms with E-state index in [0.717, 1.165) is 31.4 Å². The second-order valence-electron chi connectivity index (χ2n) is 7.66. The van der Waals surface area contributed by atoms with Crippen LogP contribution in [0.2, 0.25) is 0 Å². The highest BCUT2D eigenvalue weighted by Gasteiger charge is 2.38. The van der Waals surface area contributed by atoms with E-state index in [9.17, 15) is 13.2 Å². The van der Waals surface area contributed by atoms with Crippen LogP contribution >= 0.6 is 0 Å². The van der Waals surface area contributed by atoms with Gasteiger partial charge < -0.3 is 9.84 Å². The van der Waals surface area contributed by atoms with Crippen LogP contribution in [0, 0.1) is 0 Å². The molecule has 3 heterocycles. The highest BCUT2D eigenvalue weighted by molar-refractivity contribution is 7.86. The second kappa shape index (κ2) is 6.94. The molecule has 0 unspecified atom stereocenters. The number of nitrogens with zero attached hydrogens (tertiary/aromatic N) is 3. The zero-order valence-corrected chi connectivity index (χ0v) is 15.9. The van der Waals surface area contributed by atoms with Crippen molar-refractivity contribution >= 4 is 16.1 Å². The Labute approximate surface area is 154 Å². The van der Waals surface area contributed by atoms with E-state index in [2.05, 4.69) is 10.5 Å². The number of carbonyl (C=O) groups is 1. The molecule has 3 aliphatic rings. The molecule has 0 aromatic carbocycles. The molecule has 8 nitrogen and oxygen atoms in total. The van der Waals surface area contributed by atoms with Crippen molar-refractivity contribution in [1.29, 1.82) is 0 Å². The predicted octanol–water partition coefficient (Wildman–Crippen LogP) is 1.48. The molecule has 0 bridgehead atoms. The standard InChI is InChI=1S/C17H26N4O4S/c1-12-10-14(6-9-21(12)26(23,24)20-7-2-3-8-20)18-17(22)15-11-16(25-19-15)13-4-5-13/h11-14H,2-10H2,1H3,(H,18,22)/t12-,14-/m1/s1. The summed E-state index contributed by atoms with van der Waals surface area (Å²) >= 11 is 0. The first-order chi connectivity index (χ1) is 12.4. The molecule has 0 radical (unpaired) electrons. The molecular weight excluding hydrogens is 356 g/mol. The van der Waals surface area contributed by atoms with Gasteiger partial charge in [0.15, 0.2) is 5.69 Å². The van der Waals surface area contributed by atoms with Gasteiger partial charge in [-0.15, -0.1) is 0 Å². The SMILES string of the molecule is C[C@@H]1C[C@H](NC(=O)c2cc(C3CC3)on2)CCN1S(=O)(=O)N1CCCC1. The number of amides is 1. The minimum absolute atomic E-state index is 0.0522. The molecule has 1 saturated carbocycles. The van der Waals surface area contributed by atoms with Crippen LogP contribution < -0.4 is 5.32 Å². The quantitative estimate of drug-likeness (QED) is 0.832. The average molecular weight is 382 g/mol. The Morgan fingerprint density at radius 2 is 1.96 bits per heavy atom. The summed E-state index contributed by atoms with van der Waals surface area (Å²) in [4.78, 5) is 12.4. The lowest BCUT2D eigenvalue weighted by Crippen LogP contribution is -2.54. The normalized spacial score (nSPS) is 28.3. The smallest absolute Gasteiger partial charge is 0.282 e. The number of nitrogens with one attached hydrogen (secondary N) is 1. The lowest BCUT2D eigenvalue weighted by Gasteiger charge is -2.38. The van der Waals surface area contributed by atoms with Crippen LogP contribution in [0.5, 0.6) is 0 Å². The van der Waals surface area contributed by atoms with Crippen molar-refractivity contribution in [1.82, 2.24) is 19.1 Å². The molecule has 4 rings (SSSR count). The molecule has 144 valence electrons. The first-order valence-corrected chi connectivity index (χ1v) is 10.9. The van der Waals surface area contributed by atoms with Crippen molar-refractivity contribution in [3.05, 3.63) is 17.5 Å². The number of hydrogen-bond acceptors (Lipinski definition) is 5. The molecule has 1 aromatic heterocycles. The van der Waals surface area contributed by atoms with Crippen LogP contribution in [0.4, 0.5) is 0 Å². The van der Waals surface area contributed by atoms with Gasteiger partial charge in [-0.1, -0.05) is 5.16 Å². The number of rotatable bonds is 5. The van der Waals surface area contributed by atoms with E-state index in [1.165, 1.54) is 0 Å². The van der Waals surface area contributed by atoms with Gasteiger partial charge in [-0.25, -0.2) is 0 Å². The second-order valence-corrected chi connectivity index (χ2v) is 9.54. The summed E-state index contributed by atoms with van der Waals surface area (Å²) in [5.41, 5.74) is 0.312. The van der Waals surface area contributed by atoms with Crippen LogP contribution in [-0.2, 0) is 10.2 Å². The summed E-state index contributed by atoms with van der Waals surface area (Å²) < 4.78 is 33.9. The minimum atomic E-state index is -3.39. The predicted molar refractivity (Wildman–Crippen MR) is 94.9 cm³/mol. The fourth-order valence-electron chi connectivity index (χ4n) is 3.91. The van der Waals surface area contributed by atoms with Gasteiger partial charge in [0, 0.05) is 43.7 Å². The maximum absolute atomic E-state index is 12.8. The summed E-state index contributed by atoms with van der Waals surface area (Å²) in [6.07, 6.45) is 5.26. The Morgan fingerprint density at radius 1 is 1.23 bits per heavy atom. The molecule has 0 spiro atoms. The molecule has 2 atom stereocenters. The molecule has 9 heteroatoms. The van der Waals surface area contributed by atoms with E-state index in [0.29, 0.717) is 44.1 Å². The number of piperidine rings is 1. The van der Waals surface area contributed by atoms with Crippen LogP contribution in [0.15, 0.2) is 10.6 Å². The van der Waals surface area contributed by atoms with E-state index in [4.69, 9.17) is 4.52 Å². The Hall–Kier alpha value is -1.45. The average Bonchev–Trinajstić information content (AvgIpc) is 3.11. The first-order valence-electron chi connectivity index (χ1n) is 9.49. The van der Waals surface area contributed by atoms with Crippen LogP contribution in [-0.4, -0.2) is 59.8 Å². The van der Waals surface area contributed by atoms with Crippen LogP contribution in [0.3, 0.4) is 0 Å². The Balaban J connectivity index is 1.35. The van der Waals surface area contributed by atoms with Crippen molar-refractivity contribution < 1.29 is 17.7 Å². The summed E-state index contributed by atoms with van der Waals surface area (Å²) in [6.45, 7) is 3.56. The van der Waals surface area contributed by atoms with Gasteiger partial charge in [-0.3, -0.25) is 4.79 Å². The lowest BCUT2D eigenvalue weighted by molar-refractivity contribution is 0.0904. The van der Waals surface area contributed by atoms with Gasteiger partial charge in [-0.2, -0.15) is 17.0 Å². The molecule has 3 fully saturated rings. The van der Waals surface area contributed by atoms with Gasteiger partial charge in [0.2, 0.25) is 0 Å². The van der Waals surface area contributed by atoms with Crippen molar-refractivity contribution in [3.8, 4) is 0 Å². The Morgan fingerprint density at radius 3 is 2.62 bits per heavy atom. The molecule has 1 aromatic rings. The molecule has 2 aliphatic heterocycles. The van der Waals surface area contributed by atoms with Gasteiger partial charge >= 0.3 is 0 Å². The highest BCUT2D eigenvalue weighted by atomic mass is 32.2. The fraction of sp³-hybridized carbons (Fsp3) is 0.765. The van der Waals surface area contributed by atoms with Crippen LogP contribution in [0.1, 0.15) is 67.6 Å². The van der Waals surface area contributed by atoms with E-state index in [1.54, 1.807) is 14.7 Å². The van der Waals surface area contributed by atoms with E-state index in [-0.39, 0.29) is 18.0 Å². The van der Waals surface area contributed by atoms with Crippen molar-refractivity contribution in [3.63, 3.8) is 0 Å². The summed E-state index contributed by atoms with van der Waals surface area (Å²) in [5.74, 6) is 0.965. The molecule has 2 saturated heterocycles. The summed E-state index contributed by atoms with van der Waals surface area (Å²) in [7, 11) is -3.39. The zero-order chi connectivity index (χ0) is 18.3. The monoisotopic (exact) mass is 382 g/mol. The zero-order valence-electron chi connectivity index (χ0n) is 15.1. The largest absolute Gasteiger partial charge is 0.360 e. The summed E-state index contributed by atoms with van der Waals surface area (Å²) in [5, 5.41) is 6.85. The lowest BCUT2D eigenvalue weighted by atomic mass is 10.0. The molecule has 1 aliphatic carbocycles. The molecule has 1 amide bonds.